The Labute approximate surface area is 148 Å². The van der Waals surface area contributed by atoms with Gasteiger partial charge >= 0.3 is 0 Å². The Bertz CT molecular complexity index is 192. The molecule has 0 saturated carbocycles. The molecule has 0 bridgehead atoms. The van der Waals surface area contributed by atoms with Gasteiger partial charge in [0.05, 0.1) is 0 Å². The fourth-order valence-corrected chi connectivity index (χ4v) is 3.15. The standard InChI is InChI=1S/C21H46N2/c1-22(2)20-18-16-14-12-10-8-6-5-7-9-11-13-15-17-19-21-23(3)4/h5-21H2,1-4H3. The molecule has 0 aromatic carbocycles. The third-order valence-electron chi connectivity index (χ3n) is 4.71. The zero-order chi connectivity index (χ0) is 17.2. The Morgan fingerprint density at radius 2 is 0.478 bits per heavy atom. The third-order valence-corrected chi connectivity index (χ3v) is 4.71. The molecule has 23 heavy (non-hydrogen) atoms. The summed E-state index contributed by atoms with van der Waals surface area (Å²) in [6.45, 7) is 2.52. The molecule has 2 nitrogen and oxygen atoms in total. The van der Waals surface area contributed by atoms with Gasteiger partial charge in [0.15, 0.2) is 0 Å². The van der Waals surface area contributed by atoms with Crippen molar-refractivity contribution in [3.05, 3.63) is 0 Å². The van der Waals surface area contributed by atoms with Gasteiger partial charge in [-0.25, -0.2) is 0 Å². The molecule has 0 N–H and O–H groups in total. The zero-order valence-corrected chi connectivity index (χ0v) is 16.9. The summed E-state index contributed by atoms with van der Waals surface area (Å²) >= 11 is 0. The smallest absolute Gasteiger partial charge is 0.00248 e. The fraction of sp³-hybridized carbons (Fsp3) is 1.00. The molecule has 0 aromatic heterocycles. The van der Waals surface area contributed by atoms with Crippen LogP contribution in [0.2, 0.25) is 0 Å². The van der Waals surface area contributed by atoms with E-state index >= 15 is 0 Å². The Hall–Kier alpha value is -0.0800. The average molecular weight is 327 g/mol. The van der Waals surface area contributed by atoms with Gasteiger partial charge in [0, 0.05) is 0 Å². The van der Waals surface area contributed by atoms with E-state index in [2.05, 4.69) is 38.0 Å². The predicted molar refractivity (Wildman–Crippen MR) is 106 cm³/mol. The van der Waals surface area contributed by atoms with Gasteiger partial charge in [-0.1, -0.05) is 83.5 Å². The van der Waals surface area contributed by atoms with Crippen LogP contribution in [0.15, 0.2) is 0 Å². The number of rotatable bonds is 18. The first-order valence-corrected chi connectivity index (χ1v) is 10.4. The Kier molecular flexibility index (Phi) is 18.2. The summed E-state index contributed by atoms with van der Waals surface area (Å²) in [4.78, 5) is 4.59. The van der Waals surface area contributed by atoms with Crippen molar-refractivity contribution in [3.63, 3.8) is 0 Å². The summed E-state index contributed by atoms with van der Waals surface area (Å²) in [5.41, 5.74) is 0. The second kappa shape index (κ2) is 18.3. The van der Waals surface area contributed by atoms with Gasteiger partial charge in [-0.15, -0.1) is 0 Å². The normalized spacial score (nSPS) is 11.7. The molecule has 0 unspecified atom stereocenters. The first-order chi connectivity index (χ1) is 11.1. The van der Waals surface area contributed by atoms with E-state index in [9.17, 15) is 0 Å². The minimum atomic E-state index is 1.26. The van der Waals surface area contributed by atoms with E-state index in [1.54, 1.807) is 0 Å². The van der Waals surface area contributed by atoms with Crippen molar-refractivity contribution in [2.24, 2.45) is 0 Å². The van der Waals surface area contributed by atoms with Crippen LogP contribution in [0.4, 0.5) is 0 Å². The zero-order valence-electron chi connectivity index (χ0n) is 16.9. The second-order valence-corrected chi connectivity index (χ2v) is 7.91. The van der Waals surface area contributed by atoms with Crippen LogP contribution in [0.1, 0.15) is 96.3 Å². The molecule has 0 aliphatic carbocycles. The lowest BCUT2D eigenvalue weighted by Crippen LogP contribution is -2.12. The van der Waals surface area contributed by atoms with Crippen molar-refractivity contribution in [1.29, 1.82) is 0 Å². The van der Waals surface area contributed by atoms with E-state index in [0.29, 0.717) is 0 Å². The minimum Gasteiger partial charge on any atom is -0.309 e. The molecule has 0 fully saturated rings. The molecular formula is C21H46N2. The average Bonchev–Trinajstić information content (AvgIpc) is 2.49. The van der Waals surface area contributed by atoms with Crippen LogP contribution in [0.5, 0.6) is 0 Å². The van der Waals surface area contributed by atoms with Crippen molar-refractivity contribution in [1.82, 2.24) is 9.80 Å². The minimum absolute atomic E-state index is 1.26. The molecule has 0 aliphatic heterocycles. The monoisotopic (exact) mass is 326 g/mol. The van der Waals surface area contributed by atoms with E-state index in [4.69, 9.17) is 0 Å². The van der Waals surface area contributed by atoms with Crippen molar-refractivity contribution in [3.8, 4) is 0 Å². The first-order valence-electron chi connectivity index (χ1n) is 10.4. The lowest BCUT2D eigenvalue weighted by atomic mass is 10.0. The molecule has 140 valence electrons. The van der Waals surface area contributed by atoms with Gasteiger partial charge in [0.25, 0.3) is 0 Å². The topological polar surface area (TPSA) is 6.48 Å². The molecular weight excluding hydrogens is 280 g/mol. The predicted octanol–water partition coefficient (Wildman–Crippen LogP) is 5.96. The Morgan fingerprint density at radius 3 is 0.652 bits per heavy atom. The summed E-state index contributed by atoms with van der Waals surface area (Å²) in [6, 6.07) is 0. The maximum atomic E-state index is 2.30. The maximum absolute atomic E-state index is 2.30. The van der Waals surface area contributed by atoms with Gasteiger partial charge in [0.2, 0.25) is 0 Å². The van der Waals surface area contributed by atoms with Crippen LogP contribution in [0.3, 0.4) is 0 Å². The number of hydrogen-bond donors (Lipinski definition) is 0. The quantitative estimate of drug-likeness (QED) is 0.287. The summed E-state index contributed by atoms with van der Waals surface area (Å²) in [7, 11) is 8.69. The summed E-state index contributed by atoms with van der Waals surface area (Å²) in [5.74, 6) is 0. The molecule has 0 aromatic rings. The molecule has 0 saturated heterocycles. The first kappa shape index (κ1) is 22.9. The third kappa shape index (κ3) is 21.9. The van der Waals surface area contributed by atoms with Crippen LogP contribution in [0.25, 0.3) is 0 Å². The van der Waals surface area contributed by atoms with E-state index in [0.717, 1.165) is 0 Å². The van der Waals surface area contributed by atoms with Crippen LogP contribution < -0.4 is 0 Å². The molecule has 0 spiro atoms. The Morgan fingerprint density at radius 1 is 0.304 bits per heavy atom. The van der Waals surface area contributed by atoms with E-state index in [1.165, 1.54) is 109 Å². The summed E-state index contributed by atoms with van der Waals surface area (Å²) in [5, 5.41) is 0. The van der Waals surface area contributed by atoms with Crippen LogP contribution in [-0.4, -0.2) is 51.1 Å². The lowest BCUT2D eigenvalue weighted by molar-refractivity contribution is 0.388. The van der Waals surface area contributed by atoms with Crippen molar-refractivity contribution in [2.75, 3.05) is 41.3 Å². The van der Waals surface area contributed by atoms with E-state index in [1.807, 2.05) is 0 Å². The fourth-order valence-electron chi connectivity index (χ4n) is 3.15. The molecule has 0 radical (unpaired) electrons. The van der Waals surface area contributed by atoms with Gasteiger partial charge < -0.3 is 9.80 Å². The molecule has 0 heterocycles. The van der Waals surface area contributed by atoms with Crippen LogP contribution in [0, 0.1) is 0 Å². The lowest BCUT2D eigenvalue weighted by Gasteiger charge is -2.08. The van der Waals surface area contributed by atoms with Crippen LogP contribution in [-0.2, 0) is 0 Å². The Balaban J connectivity index is 2.97. The highest BCUT2D eigenvalue weighted by Gasteiger charge is 1.95. The highest BCUT2D eigenvalue weighted by Crippen LogP contribution is 2.13. The summed E-state index contributed by atoms with van der Waals surface area (Å²) in [6.07, 6.45) is 21.7. The van der Waals surface area contributed by atoms with Gasteiger partial charge in [-0.2, -0.15) is 0 Å². The highest BCUT2D eigenvalue weighted by molar-refractivity contribution is 4.51. The maximum Gasteiger partial charge on any atom is -0.00248 e. The van der Waals surface area contributed by atoms with Crippen LogP contribution >= 0.6 is 0 Å². The largest absolute Gasteiger partial charge is 0.309 e. The molecule has 0 atom stereocenters. The van der Waals surface area contributed by atoms with Crippen molar-refractivity contribution in [2.45, 2.75) is 96.3 Å². The molecule has 0 aliphatic rings. The van der Waals surface area contributed by atoms with Gasteiger partial charge in [-0.3, -0.25) is 0 Å². The van der Waals surface area contributed by atoms with E-state index in [-0.39, 0.29) is 0 Å². The second-order valence-electron chi connectivity index (χ2n) is 7.91. The van der Waals surface area contributed by atoms with Gasteiger partial charge in [-0.05, 0) is 54.1 Å². The number of nitrogens with zero attached hydrogens (tertiary/aromatic N) is 2. The highest BCUT2D eigenvalue weighted by atomic mass is 15.0. The molecule has 0 amide bonds. The van der Waals surface area contributed by atoms with Gasteiger partial charge in [0.1, 0.15) is 0 Å². The molecule has 0 rings (SSSR count). The number of unbranched alkanes of at least 4 members (excludes halogenated alkanes) is 14. The number of hydrogen-bond acceptors (Lipinski definition) is 2. The van der Waals surface area contributed by atoms with E-state index < -0.39 is 0 Å². The summed E-state index contributed by atoms with van der Waals surface area (Å²) < 4.78 is 0. The van der Waals surface area contributed by atoms with Crippen molar-refractivity contribution < 1.29 is 0 Å². The van der Waals surface area contributed by atoms with Crippen molar-refractivity contribution >= 4 is 0 Å². The SMILES string of the molecule is CN(C)CCCCCCCCCCCCCCCCCN(C)C. The molecule has 2 heteroatoms.